The van der Waals surface area contributed by atoms with Crippen molar-refractivity contribution in [1.29, 1.82) is 0 Å². The smallest absolute Gasteiger partial charge is 0.321 e. The van der Waals surface area contributed by atoms with Crippen LogP contribution in [0.4, 0.5) is 0 Å². The maximum atomic E-state index is 12.1. The largest absolute Gasteiger partial charge is 0.480 e. The summed E-state index contributed by atoms with van der Waals surface area (Å²) in [7, 11) is -3.85. The summed E-state index contributed by atoms with van der Waals surface area (Å²) >= 11 is 6.74. The van der Waals surface area contributed by atoms with Gasteiger partial charge < -0.3 is 5.11 Å². The Kier molecular flexibility index (Phi) is 5.37. The quantitative estimate of drug-likeness (QED) is 0.841. The highest BCUT2D eigenvalue weighted by Crippen LogP contribution is 2.30. The van der Waals surface area contributed by atoms with Gasteiger partial charge in [-0.05, 0) is 30.9 Å². The second-order valence-corrected chi connectivity index (χ2v) is 8.26. The Morgan fingerprint density at radius 3 is 2.47 bits per heavy atom. The van der Waals surface area contributed by atoms with E-state index in [0.29, 0.717) is 9.90 Å². The van der Waals surface area contributed by atoms with Crippen LogP contribution in [0.3, 0.4) is 0 Å². The Balaban J connectivity index is 2.97. The van der Waals surface area contributed by atoms with Crippen molar-refractivity contribution < 1.29 is 18.3 Å². The molecule has 0 amide bonds. The fourth-order valence-corrected chi connectivity index (χ4v) is 4.41. The number of carbonyl (C=O) groups is 1. The molecule has 1 aromatic rings. The molecule has 0 saturated carbocycles. The molecule has 0 aliphatic carbocycles. The molecule has 108 valence electrons. The average Bonchev–Trinajstić information content (AvgIpc) is 2.58. The van der Waals surface area contributed by atoms with Gasteiger partial charge in [-0.3, -0.25) is 4.79 Å². The average molecular weight is 326 g/mol. The molecule has 19 heavy (non-hydrogen) atoms. The van der Waals surface area contributed by atoms with E-state index in [1.807, 2.05) is 13.8 Å². The van der Waals surface area contributed by atoms with Crippen LogP contribution in [-0.2, 0) is 14.8 Å². The van der Waals surface area contributed by atoms with Gasteiger partial charge in [-0.25, -0.2) is 8.42 Å². The molecule has 0 saturated heterocycles. The number of hydrogen-bond donors (Lipinski definition) is 2. The summed E-state index contributed by atoms with van der Waals surface area (Å²) in [5, 5.41) is 9.04. The lowest BCUT2D eigenvalue weighted by atomic mass is 10.1. The number of aliphatic carboxylic acids is 1. The molecular formula is C11H16ClNO4S2. The summed E-state index contributed by atoms with van der Waals surface area (Å²) in [4.78, 5) is 11.1. The van der Waals surface area contributed by atoms with E-state index in [9.17, 15) is 13.2 Å². The third kappa shape index (κ3) is 4.45. The lowest BCUT2D eigenvalue weighted by molar-refractivity contribution is -0.139. The third-order valence-corrected chi connectivity index (χ3v) is 5.90. The zero-order valence-corrected chi connectivity index (χ0v) is 13.2. The van der Waals surface area contributed by atoms with Crippen molar-refractivity contribution in [2.24, 2.45) is 5.92 Å². The second kappa shape index (κ2) is 6.21. The molecule has 1 atom stereocenters. The number of hydrogen-bond acceptors (Lipinski definition) is 4. The first-order chi connectivity index (χ1) is 8.63. The van der Waals surface area contributed by atoms with E-state index in [-0.39, 0.29) is 16.5 Å². The predicted molar refractivity (Wildman–Crippen MR) is 75.3 cm³/mol. The van der Waals surface area contributed by atoms with Crippen molar-refractivity contribution in [3.05, 3.63) is 16.0 Å². The van der Waals surface area contributed by atoms with E-state index in [0.717, 1.165) is 11.3 Å². The van der Waals surface area contributed by atoms with E-state index in [2.05, 4.69) is 4.72 Å². The molecule has 8 heteroatoms. The minimum atomic E-state index is -3.85. The molecule has 2 N–H and O–H groups in total. The molecule has 0 aliphatic rings. The summed E-state index contributed by atoms with van der Waals surface area (Å²) < 4.78 is 26.8. The minimum Gasteiger partial charge on any atom is -0.480 e. The predicted octanol–water partition coefficient (Wildman–Crippen LogP) is 2.49. The molecule has 5 nitrogen and oxygen atoms in total. The molecule has 0 spiro atoms. The maximum Gasteiger partial charge on any atom is 0.321 e. The summed E-state index contributed by atoms with van der Waals surface area (Å²) in [6.07, 6.45) is 0.229. The van der Waals surface area contributed by atoms with Gasteiger partial charge in [0, 0.05) is 0 Å². The number of rotatable bonds is 6. The molecule has 0 bridgehead atoms. The number of halogens is 1. The van der Waals surface area contributed by atoms with Crippen LogP contribution in [0.1, 0.15) is 25.8 Å². The molecule has 0 fully saturated rings. The van der Waals surface area contributed by atoms with Crippen molar-refractivity contribution in [3.8, 4) is 0 Å². The van der Waals surface area contributed by atoms with Gasteiger partial charge in [-0.2, -0.15) is 4.72 Å². The number of sulfonamides is 1. The van der Waals surface area contributed by atoms with Crippen molar-refractivity contribution in [3.63, 3.8) is 0 Å². The van der Waals surface area contributed by atoms with Gasteiger partial charge in [-0.15, -0.1) is 11.3 Å². The Morgan fingerprint density at radius 2 is 2.11 bits per heavy atom. The number of carboxylic acids is 1. The van der Waals surface area contributed by atoms with E-state index >= 15 is 0 Å². The van der Waals surface area contributed by atoms with Crippen LogP contribution in [-0.4, -0.2) is 25.5 Å². The van der Waals surface area contributed by atoms with Gasteiger partial charge in [0.1, 0.15) is 10.3 Å². The number of aryl methyl sites for hydroxylation is 1. The Bertz CT molecular complexity index is 546. The molecule has 1 aromatic heterocycles. The first-order valence-corrected chi connectivity index (χ1v) is 8.32. The summed E-state index contributed by atoms with van der Waals surface area (Å²) in [6.45, 7) is 5.35. The van der Waals surface area contributed by atoms with Crippen LogP contribution >= 0.6 is 22.9 Å². The Morgan fingerprint density at radius 1 is 1.53 bits per heavy atom. The zero-order valence-electron chi connectivity index (χ0n) is 10.8. The summed E-state index contributed by atoms with van der Waals surface area (Å²) in [6, 6.07) is 0.301. The van der Waals surface area contributed by atoms with Gasteiger partial charge in [-0.1, -0.05) is 25.4 Å². The monoisotopic (exact) mass is 325 g/mol. The normalized spacial score (nSPS) is 13.7. The molecule has 1 heterocycles. The van der Waals surface area contributed by atoms with Crippen LogP contribution in [0.15, 0.2) is 10.3 Å². The van der Waals surface area contributed by atoms with Gasteiger partial charge in [0.05, 0.1) is 4.34 Å². The summed E-state index contributed by atoms with van der Waals surface area (Å²) in [5.41, 5.74) is 0.655. The van der Waals surface area contributed by atoms with Gasteiger partial charge in [0.15, 0.2) is 0 Å². The van der Waals surface area contributed by atoms with Crippen molar-refractivity contribution >= 4 is 38.9 Å². The second-order valence-electron chi connectivity index (χ2n) is 4.66. The fourth-order valence-electron chi connectivity index (χ4n) is 1.48. The minimum absolute atomic E-state index is 0.0324. The Hall–Kier alpha value is -0.630. The van der Waals surface area contributed by atoms with Crippen LogP contribution < -0.4 is 4.72 Å². The van der Waals surface area contributed by atoms with E-state index in [1.165, 1.54) is 6.07 Å². The van der Waals surface area contributed by atoms with Crippen LogP contribution in [0, 0.1) is 12.8 Å². The molecule has 0 unspecified atom stereocenters. The topological polar surface area (TPSA) is 83.5 Å². The van der Waals surface area contributed by atoms with E-state index < -0.39 is 22.0 Å². The van der Waals surface area contributed by atoms with Gasteiger partial charge >= 0.3 is 5.97 Å². The van der Waals surface area contributed by atoms with Gasteiger partial charge in [0.25, 0.3) is 10.0 Å². The number of nitrogens with one attached hydrogen (secondary N) is 1. The van der Waals surface area contributed by atoms with Crippen LogP contribution in [0.2, 0.25) is 4.34 Å². The first kappa shape index (κ1) is 16.4. The highest BCUT2D eigenvalue weighted by Gasteiger charge is 2.27. The van der Waals surface area contributed by atoms with Crippen molar-refractivity contribution in [1.82, 2.24) is 4.72 Å². The SMILES string of the molecule is Cc1cc(S(=O)(=O)N[C@H](CC(C)C)C(=O)O)sc1Cl. The Labute approximate surface area is 121 Å². The van der Waals surface area contributed by atoms with Crippen LogP contribution in [0.5, 0.6) is 0 Å². The molecule has 0 aromatic carbocycles. The van der Waals surface area contributed by atoms with Crippen LogP contribution in [0.25, 0.3) is 0 Å². The number of carboxylic acid groups (broad SMARTS) is 1. The summed E-state index contributed by atoms with van der Waals surface area (Å²) in [5.74, 6) is -1.12. The standard InChI is InChI=1S/C11H16ClNO4S2/c1-6(2)4-8(11(14)15)13-19(16,17)9-5-7(3)10(12)18-9/h5-6,8,13H,4H2,1-3H3,(H,14,15)/t8-/m1/s1. The van der Waals surface area contributed by atoms with E-state index in [4.69, 9.17) is 16.7 Å². The van der Waals surface area contributed by atoms with Gasteiger partial charge in [0.2, 0.25) is 0 Å². The number of thiophene rings is 1. The molecule has 1 rings (SSSR count). The fraction of sp³-hybridized carbons (Fsp3) is 0.545. The van der Waals surface area contributed by atoms with Crippen molar-refractivity contribution in [2.45, 2.75) is 37.4 Å². The highest BCUT2D eigenvalue weighted by atomic mass is 35.5. The maximum absolute atomic E-state index is 12.1. The third-order valence-electron chi connectivity index (χ3n) is 2.40. The lowest BCUT2D eigenvalue weighted by Crippen LogP contribution is -2.41. The molecule has 0 aliphatic heterocycles. The van der Waals surface area contributed by atoms with Crippen molar-refractivity contribution in [2.75, 3.05) is 0 Å². The lowest BCUT2D eigenvalue weighted by Gasteiger charge is -2.15. The first-order valence-electron chi connectivity index (χ1n) is 5.64. The highest BCUT2D eigenvalue weighted by molar-refractivity contribution is 7.91. The van der Waals surface area contributed by atoms with E-state index in [1.54, 1.807) is 6.92 Å². The zero-order chi connectivity index (χ0) is 14.8. The molecule has 0 radical (unpaired) electrons. The molecular weight excluding hydrogens is 310 g/mol.